The normalized spacial score (nSPS) is 10.4. The van der Waals surface area contributed by atoms with E-state index in [1.165, 1.54) is 12.1 Å². The summed E-state index contributed by atoms with van der Waals surface area (Å²) in [5.74, 6) is -2.37. The van der Waals surface area contributed by atoms with Crippen LogP contribution >= 0.6 is 0 Å². The van der Waals surface area contributed by atoms with Crippen molar-refractivity contribution in [3.8, 4) is 22.3 Å². The van der Waals surface area contributed by atoms with Gasteiger partial charge >= 0.3 is 11.9 Å². The average molecular weight is 460 g/mol. The third-order valence-electron chi connectivity index (χ3n) is 5.11. The molecule has 0 bridgehead atoms. The van der Waals surface area contributed by atoms with E-state index in [0.717, 1.165) is 0 Å². The Morgan fingerprint density at radius 1 is 0.588 bits per heavy atom. The van der Waals surface area contributed by atoms with E-state index in [4.69, 9.17) is 20.9 Å². The number of nitrogens with two attached hydrogens (primary N) is 2. The lowest BCUT2D eigenvalue weighted by Gasteiger charge is -2.18. The fourth-order valence-electron chi connectivity index (χ4n) is 3.59. The number of benzene rings is 3. The Balaban J connectivity index is 2.23. The molecule has 0 aliphatic heterocycles. The second kappa shape index (κ2) is 10.4. The highest BCUT2D eigenvalue weighted by Crippen LogP contribution is 2.38. The lowest BCUT2D eigenvalue weighted by Crippen LogP contribution is -2.17. The van der Waals surface area contributed by atoms with Gasteiger partial charge in [0.15, 0.2) is 0 Å². The maximum absolute atomic E-state index is 12.3. The van der Waals surface area contributed by atoms with Crippen LogP contribution in [0.2, 0.25) is 0 Å². The summed E-state index contributed by atoms with van der Waals surface area (Å²) in [6, 6.07) is 15.6. The van der Waals surface area contributed by atoms with Crippen LogP contribution in [0.25, 0.3) is 22.3 Å². The molecule has 3 rings (SSSR count). The van der Waals surface area contributed by atoms with Gasteiger partial charge in [-0.25, -0.2) is 9.59 Å². The van der Waals surface area contributed by atoms with Crippen molar-refractivity contribution in [2.75, 3.05) is 13.2 Å². The lowest BCUT2D eigenvalue weighted by molar-refractivity contribution is 0.0517. The molecular formula is C26H24N2O6. The molecule has 0 aromatic heterocycles. The van der Waals surface area contributed by atoms with Gasteiger partial charge in [0, 0.05) is 22.3 Å². The number of rotatable bonds is 8. The molecule has 8 nitrogen and oxygen atoms in total. The first-order valence-electron chi connectivity index (χ1n) is 10.6. The Morgan fingerprint density at radius 2 is 0.912 bits per heavy atom. The number of primary amides is 2. The summed E-state index contributed by atoms with van der Waals surface area (Å²) in [5, 5.41) is 0. The average Bonchev–Trinajstić information content (AvgIpc) is 2.83. The molecule has 0 fully saturated rings. The van der Waals surface area contributed by atoms with Crippen molar-refractivity contribution in [2.45, 2.75) is 13.8 Å². The zero-order valence-electron chi connectivity index (χ0n) is 18.8. The van der Waals surface area contributed by atoms with Gasteiger partial charge in [0.2, 0.25) is 11.8 Å². The molecule has 0 atom stereocenters. The summed E-state index contributed by atoms with van der Waals surface area (Å²) in [7, 11) is 0. The molecule has 3 aromatic rings. The summed E-state index contributed by atoms with van der Waals surface area (Å²) in [6.45, 7) is 3.89. The Hall–Kier alpha value is -4.46. The molecule has 4 N–H and O–H groups in total. The third-order valence-corrected chi connectivity index (χ3v) is 5.11. The van der Waals surface area contributed by atoms with E-state index in [9.17, 15) is 19.2 Å². The largest absolute Gasteiger partial charge is 0.462 e. The molecule has 0 heterocycles. The highest BCUT2D eigenvalue weighted by atomic mass is 16.5. The fraction of sp³-hybridized carbons (Fsp3) is 0.154. The van der Waals surface area contributed by atoms with Gasteiger partial charge in [-0.3, -0.25) is 9.59 Å². The highest BCUT2D eigenvalue weighted by Gasteiger charge is 2.22. The van der Waals surface area contributed by atoms with Crippen LogP contribution in [0.4, 0.5) is 0 Å². The first-order chi connectivity index (χ1) is 16.3. The highest BCUT2D eigenvalue weighted by molar-refractivity contribution is 6.10. The maximum atomic E-state index is 12.3. The zero-order valence-corrected chi connectivity index (χ0v) is 18.8. The molecule has 174 valence electrons. The first kappa shape index (κ1) is 24.2. The Labute approximate surface area is 196 Å². The minimum absolute atomic E-state index is 0.165. The summed E-state index contributed by atoms with van der Waals surface area (Å²) >= 11 is 0. The number of ether oxygens (including phenoxy) is 2. The second-order valence-electron chi connectivity index (χ2n) is 7.23. The number of esters is 2. The van der Waals surface area contributed by atoms with Gasteiger partial charge in [0.1, 0.15) is 0 Å². The van der Waals surface area contributed by atoms with E-state index >= 15 is 0 Å². The van der Waals surface area contributed by atoms with Gasteiger partial charge in [-0.2, -0.15) is 0 Å². The van der Waals surface area contributed by atoms with E-state index in [0.29, 0.717) is 33.4 Å². The van der Waals surface area contributed by atoms with Crippen LogP contribution in [0, 0.1) is 0 Å². The van der Waals surface area contributed by atoms with Crippen molar-refractivity contribution in [2.24, 2.45) is 11.5 Å². The van der Waals surface area contributed by atoms with E-state index in [1.54, 1.807) is 62.4 Å². The molecule has 8 heteroatoms. The molecule has 0 radical (unpaired) electrons. The van der Waals surface area contributed by atoms with Gasteiger partial charge in [-0.1, -0.05) is 24.3 Å². The summed E-state index contributed by atoms with van der Waals surface area (Å²) < 4.78 is 10.0. The zero-order chi connectivity index (χ0) is 24.8. The second-order valence-corrected chi connectivity index (χ2v) is 7.23. The van der Waals surface area contributed by atoms with Crippen molar-refractivity contribution in [1.29, 1.82) is 0 Å². The molecule has 0 aliphatic carbocycles. The number of carbonyl (C=O) groups excluding carboxylic acids is 4. The van der Waals surface area contributed by atoms with Crippen LogP contribution in [-0.2, 0) is 9.47 Å². The molecule has 2 amide bonds. The van der Waals surface area contributed by atoms with Crippen LogP contribution < -0.4 is 11.5 Å². The van der Waals surface area contributed by atoms with E-state index in [-0.39, 0.29) is 24.3 Å². The number of hydrogen-bond acceptors (Lipinski definition) is 6. The number of amides is 2. The Bertz CT molecular complexity index is 1150. The van der Waals surface area contributed by atoms with Crippen LogP contribution in [0.1, 0.15) is 55.3 Å². The van der Waals surface area contributed by atoms with Gasteiger partial charge in [0.25, 0.3) is 0 Å². The standard InChI is InChI=1S/C26H24N2O6/c1-3-33-25(31)17-9-5-15(6-10-17)21-19(23(27)29)13-14-20(24(28)30)22(21)16-7-11-18(12-8-16)26(32)34-4-2/h5-14H,3-4H2,1-2H3,(H2,27,29)(H2,28,30). The quantitative estimate of drug-likeness (QED) is 0.493. The van der Waals surface area contributed by atoms with Crippen molar-refractivity contribution in [1.82, 2.24) is 0 Å². The van der Waals surface area contributed by atoms with Crippen LogP contribution in [0.15, 0.2) is 60.7 Å². The first-order valence-corrected chi connectivity index (χ1v) is 10.6. The summed E-state index contributed by atoms with van der Waals surface area (Å²) in [4.78, 5) is 48.7. The SMILES string of the molecule is CCOC(=O)c1ccc(-c2c(C(N)=O)ccc(C(N)=O)c2-c2ccc(C(=O)OCC)cc2)cc1. The molecule has 0 saturated heterocycles. The van der Waals surface area contributed by atoms with E-state index in [2.05, 4.69) is 0 Å². The van der Waals surface area contributed by atoms with Crippen molar-refractivity contribution >= 4 is 23.8 Å². The molecule has 0 spiro atoms. The van der Waals surface area contributed by atoms with Crippen LogP contribution in [-0.4, -0.2) is 37.0 Å². The van der Waals surface area contributed by atoms with Crippen molar-refractivity contribution < 1.29 is 28.7 Å². The predicted molar refractivity (Wildman–Crippen MR) is 126 cm³/mol. The molecular weight excluding hydrogens is 436 g/mol. The number of hydrogen-bond donors (Lipinski definition) is 2. The van der Waals surface area contributed by atoms with Crippen LogP contribution in [0.3, 0.4) is 0 Å². The van der Waals surface area contributed by atoms with Gasteiger partial charge < -0.3 is 20.9 Å². The molecule has 34 heavy (non-hydrogen) atoms. The van der Waals surface area contributed by atoms with E-state index < -0.39 is 23.8 Å². The molecule has 3 aromatic carbocycles. The van der Waals surface area contributed by atoms with Crippen molar-refractivity contribution in [3.05, 3.63) is 82.9 Å². The predicted octanol–water partition coefficient (Wildman–Crippen LogP) is 3.57. The fourth-order valence-corrected chi connectivity index (χ4v) is 3.59. The minimum atomic E-state index is -0.704. The molecule has 0 aliphatic rings. The monoisotopic (exact) mass is 460 g/mol. The Morgan fingerprint density at radius 3 is 1.18 bits per heavy atom. The lowest BCUT2D eigenvalue weighted by atomic mass is 9.86. The third kappa shape index (κ3) is 4.96. The van der Waals surface area contributed by atoms with Crippen LogP contribution in [0.5, 0.6) is 0 Å². The Kier molecular flexibility index (Phi) is 7.43. The van der Waals surface area contributed by atoms with Crippen molar-refractivity contribution in [3.63, 3.8) is 0 Å². The maximum Gasteiger partial charge on any atom is 0.338 e. The van der Waals surface area contributed by atoms with Gasteiger partial charge in [-0.15, -0.1) is 0 Å². The van der Waals surface area contributed by atoms with E-state index in [1.807, 2.05) is 0 Å². The van der Waals surface area contributed by atoms with Gasteiger partial charge in [0.05, 0.1) is 24.3 Å². The summed E-state index contributed by atoms with van der Waals surface area (Å²) in [5.41, 5.74) is 14.1. The molecule has 0 unspecified atom stereocenters. The topological polar surface area (TPSA) is 139 Å². The smallest absolute Gasteiger partial charge is 0.338 e. The molecule has 0 saturated carbocycles. The number of carbonyl (C=O) groups is 4. The minimum Gasteiger partial charge on any atom is -0.462 e. The summed E-state index contributed by atoms with van der Waals surface area (Å²) in [6.07, 6.45) is 0. The van der Waals surface area contributed by atoms with Gasteiger partial charge in [-0.05, 0) is 61.4 Å².